The summed E-state index contributed by atoms with van der Waals surface area (Å²) < 4.78 is 18.3. The first-order chi connectivity index (χ1) is 8.54. The molecule has 0 radical (unpaired) electrons. The number of rotatable bonds is 6. The van der Waals surface area contributed by atoms with Crippen LogP contribution in [0.1, 0.15) is 23.7 Å². The Labute approximate surface area is 104 Å². The zero-order valence-corrected chi connectivity index (χ0v) is 9.90. The highest BCUT2D eigenvalue weighted by Gasteiger charge is 2.11. The van der Waals surface area contributed by atoms with Crippen LogP contribution in [-0.4, -0.2) is 30.2 Å². The molecule has 0 aliphatic carbocycles. The Morgan fingerprint density at radius 1 is 1.44 bits per heavy atom. The van der Waals surface area contributed by atoms with Crippen molar-refractivity contribution in [1.82, 2.24) is 0 Å². The molecule has 0 aromatic heterocycles. The van der Waals surface area contributed by atoms with Gasteiger partial charge >= 0.3 is 5.97 Å². The first-order valence-corrected chi connectivity index (χ1v) is 5.45. The van der Waals surface area contributed by atoms with Crippen molar-refractivity contribution in [2.45, 2.75) is 13.3 Å². The molecule has 1 amide bonds. The Morgan fingerprint density at radius 3 is 2.72 bits per heavy atom. The summed E-state index contributed by atoms with van der Waals surface area (Å²) in [7, 11) is 0. The third kappa shape index (κ3) is 4.14. The largest absolute Gasteiger partial charge is 0.478 e. The van der Waals surface area contributed by atoms with Crippen LogP contribution in [0.2, 0.25) is 0 Å². The van der Waals surface area contributed by atoms with E-state index >= 15 is 0 Å². The van der Waals surface area contributed by atoms with Crippen molar-refractivity contribution in [3.05, 3.63) is 29.6 Å². The summed E-state index contributed by atoms with van der Waals surface area (Å²) in [5.41, 5.74) is -0.207. The zero-order valence-electron chi connectivity index (χ0n) is 9.90. The van der Waals surface area contributed by atoms with Gasteiger partial charge in [0.15, 0.2) is 0 Å². The average Bonchev–Trinajstić information content (AvgIpc) is 2.28. The summed E-state index contributed by atoms with van der Waals surface area (Å²) in [6.07, 6.45) is 0.163. The third-order valence-electron chi connectivity index (χ3n) is 2.16. The van der Waals surface area contributed by atoms with Crippen LogP contribution in [0.4, 0.5) is 10.1 Å². The van der Waals surface area contributed by atoms with Gasteiger partial charge < -0.3 is 15.2 Å². The quantitative estimate of drug-likeness (QED) is 0.761. The SMILES string of the molecule is CCOCCC(=O)Nc1ccc(C(=O)O)c(F)c1. The summed E-state index contributed by atoms with van der Waals surface area (Å²) in [6.45, 7) is 2.63. The highest BCUT2D eigenvalue weighted by atomic mass is 19.1. The summed E-state index contributed by atoms with van der Waals surface area (Å²) in [5, 5.41) is 11.1. The minimum absolute atomic E-state index is 0.163. The van der Waals surface area contributed by atoms with Gasteiger partial charge in [-0.3, -0.25) is 4.79 Å². The van der Waals surface area contributed by atoms with Crippen molar-refractivity contribution in [3.8, 4) is 0 Å². The molecule has 6 heteroatoms. The van der Waals surface area contributed by atoms with Crippen molar-refractivity contribution in [3.63, 3.8) is 0 Å². The van der Waals surface area contributed by atoms with E-state index in [2.05, 4.69) is 5.32 Å². The number of halogens is 1. The summed E-state index contributed by atoms with van der Waals surface area (Å²) in [5.74, 6) is -2.54. The molecule has 0 aliphatic rings. The predicted molar refractivity (Wildman–Crippen MR) is 63.1 cm³/mol. The molecule has 1 aromatic rings. The van der Waals surface area contributed by atoms with E-state index in [1.54, 1.807) is 0 Å². The molecule has 18 heavy (non-hydrogen) atoms. The maximum absolute atomic E-state index is 13.3. The lowest BCUT2D eigenvalue weighted by Crippen LogP contribution is -2.14. The van der Waals surface area contributed by atoms with Gasteiger partial charge in [0.2, 0.25) is 5.91 Å². The van der Waals surface area contributed by atoms with Gasteiger partial charge in [0.05, 0.1) is 18.6 Å². The standard InChI is InChI=1S/C12H14FNO4/c1-2-18-6-5-11(15)14-8-3-4-9(12(16)17)10(13)7-8/h3-4,7H,2,5-6H2,1H3,(H,14,15)(H,16,17). The number of carbonyl (C=O) groups excluding carboxylic acids is 1. The Morgan fingerprint density at radius 2 is 2.17 bits per heavy atom. The highest BCUT2D eigenvalue weighted by molar-refractivity contribution is 5.92. The van der Waals surface area contributed by atoms with Crippen molar-refractivity contribution >= 4 is 17.6 Å². The Balaban J connectivity index is 2.60. The summed E-state index contributed by atoms with van der Waals surface area (Å²) in [6, 6.07) is 3.42. The van der Waals surface area contributed by atoms with Crippen molar-refractivity contribution in [1.29, 1.82) is 0 Å². The zero-order chi connectivity index (χ0) is 13.5. The Bertz CT molecular complexity index is 448. The van der Waals surface area contributed by atoms with Crippen LogP contribution in [0.15, 0.2) is 18.2 Å². The molecule has 98 valence electrons. The molecule has 0 bridgehead atoms. The van der Waals surface area contributed by atoms with Gasteiger partial charge in [-0.05, 0) is 25.1 Å². The molecule has 0 saturated heterocycles. The minimum Gasteiger partial charge on any atom is -0.478 e. The van der Waals surface area contributed by atoms with Crippen LogP contribution < -0.4 is 5.32 Å². The van der Waals surface area contributed by atoms with Crippen LogP contribution in [-0.2, 0) is 9.53 Å². The molecule has 0 spiro atoms. The number of nitrogens with one attached hydrogen (secondary N) is 1. The number of benzene rings is 1. The molecule has 1 rings (SSSR count). The normalized spacial score (nSPS) is 10.1. The maximum Gasteiger partial charge on any atom is 0.338 e. The molecule has 0 unspecified atom stereocenters. The molecule has 0 aliphatic heterocycles. The van der Waals surface area contributed by atoms with Crippen molar-refractivity contribution in [2.24, 2.45) is 0 Å². The fourth-order valence-electron chi connectivity index (χ4n) is 1.30. The van der Waals surface area contributed by atoms with E-state index in [1.807, 2.05) is 6.92 Å². The van der Waals surface area contributed by atoms with Gasteiger partial charge in [-0.25, -0.2) is 9.18 Å². The average molecular weight is 255 g/mol. The number of carbonyl (C=O) groups is 2. The number of carboxylic acid groups (broad SMARTS) is 1. The van der Waals surface area contributed by atoms with Gasteiger partial charge in [0.25, 0.3) is 0 Å². The van der Waals surface area contributed by atoms with Crippen LogP contribution in [0.25, 0.3) is 0 Å². The smallest absolute Gasteiger partial charge is 0.338 e. The van der Waals surface area contributed by atoms with E-state index in [0.717, 1.165) is 12.1 Å². The molecule has 5 nitrogen and oxygen atoms in total. The Kier molecular flexibility index (Phi) is 5.26. The molecule has 0 atom stereocenters. The van der Waals surface area contributed by atoms with Crippen LogP contribution in [0, 0.1) is 5.82 Å². The van der Waals surface area contributed by atoms with Gasteiger partial charge in [-0.15, -0.1) is 0 Å². The second-order valence-corrected chi connectivity index (χ2v) is 3.49. The number of amides is 1. The molecule has 0 saturated carbocycles. The number of anilines is 1. The van der Waals surface area contributed by atoms with Gasteiger partial charge in [0, 0.05) is 12.3 Å². The van der Waals surface area contributed by atoms with Crippen LogP contribution in [0.3, 0.4) is 0 Å². The van der Waals surface area contributed by atoms with E-state index < -0.39 is 17.3 Å². The minimum atomic E-state index is -1.35. The number of ether oxygens (including phenoxy) is 1. The monoisotopic (exact) mass is 255 g/mol. The fraction of sp³-hybridized carbons (Fsp3) is 0.333. The highest BCUT2D eigenvalue weighted by Crippen LogP contribution is 2.14. The van der Waals surface area contributed by atoms with Crippen LogP contribution >= 0.6 is 0 Å². The summed E-state index contributed by atoms with van der Waals surface area (Å²) in [4.78, 5) is 22.0. The second-order valence-electron chi connectivity index (χ2n) is 3.49. The predicted octanol–water partition coefficient (Wildman–Crippen LogP) is 1.89. The van der Waals surface area contributed by atoms with E-state index in [-0.39, 0.29) is 24.6 Å². The number of aromatic carboxylic acids is 1. The molecular formula is C12H14FNO4. The maximum atomic E-state index is 13.3. The third-order valence-corrected chi connectivity index (χ3v) is 2.16. The number of hydrogen-bond donors (Lipinski definition) is 2. The number of hydrogen-bond acceptors (Lipinski definition) is 3. The first-order valence-electron chi connectivity index (χ1n) is 5.45. The van der Waals surface area contributed by atoms with E-state index in [1.165, 1.54) is 6.07 Å². The lowest BCUT2D eigenvalue weighted by molar-refractivity contribution is -0.117. The van der Waals surface area contributed by atoms with E-state index in [0.29, 0.717) is 6.61 Å². The lowest BCUT2D eigenvalue weighted by Gasteiger charge is -2.06. The molecular weight excluding hydrogens is 241 g/mol. The Hall–Kier alpha value is -1.95. The topological polar surface area (TPSA) is 75.6 Å². The molecule has 2 N–H and O–H groups in total. The van der Waals surface area contributed by atoms with Gasteiger partial charge in [-0.2, -0.15) is 0 Å². The van der Waals surface area contributed by atoms with Crippen molar-refractivity contribution in [2.75, 3.05) is 18.5 Å². The van der Waals surface area contributed by atoms with Gasteiger partial charge in [0.1, 0.15) is 5.82 Å². The lowest BCUT2D eigenvalue weighted by atomic mass is 10.2. The fourth-order valence-corrected chi connectivity index (χ4v) is 1.30. The summed E-state index contributed by atoms with van der Waals surface area (Å²) >= 11 is 0. The molecule has 0 fully saturated rings. The number of carboxylic acids is 1. The van der Waals surface area contributed by atoms with E-state index in [9.17, 15) is 14.0 Å². The molecule has 1 aromatic carbocycles. The van der Waals surface area contributed by atoms with Crippen molar-refractivity contribution < 1.29 is 23.8 Å². The van der Waals surface area contributed by atoms with E-state index in [4.69, 9.17) is 9.84 Å². The first kappa shape index (κ1) is 14.1. The van der Waals surface area contributed by atoms with Gasteiger partial charge in [-0.1, -0.05) is 0 Å². The van der Waals surface area contributed by atoms with Crippen LogP contribution in [0.5, 0.6) is 0 Å². The second kappa shape index (κ2) is 6.70. The molecule has 0 heterocycles.